The molecule has 1 aliphatic heterocycles. The number of carbonyl (C=O) groups is 2. The number of nitrogens with one attached hydrogen (secondary N) is 1. The topological polar surface area (TPSA) is 49.4 Å². The standard InChI is InChI=1S/C17H30N2O2/c1-4-6-15-17(21)19(13(3)16(20)18-15)10-9-14-8-5-7-12(2)11-14/h12-15H,4-11H2,1-3H3,(H,18,20). The number of piperazine rings is 1. The zero-order valence-corrected chi connectivity index (χ0v) is 13.7. The van der Waals surface area contributed by atoms with Gasteiger partial charge in [-0.3, -0.25) is 9.59 Å². The van der Waals surface area contributed by atoms with Crippen molar-refractivity contribution in [2.75, 3.05) is 6.54 Å². The molecular weight excluding hydrogens is 264 g/mol. The van der Waals surface area contributed by atoms with Crippen LogP contribution in [-0.2, 0) is 9.59 Å². The van der Waals surface area contributed by atoms with Crippen molar-refractivity contribution in [1.29, 1.82) is 0 Å². The summed E-state index contributed by atoms with van der Waals surface area (Å²) in [6, 6.07) is -0.615. The maximum Gasteiger partial charge on any atom is 0.245 e. The van der Waals surface area contributed by atoms with Crippen LogP contribution in [0, 0.1) is 11.8 Å². The molecule has 4 heteroatoms. The molecule has 120 valence electrons. The van der Waals surface area contributed by atoms with Crippen LogP contribution in [0.1, 0.15) is 65.7 Å². The van der Waals surface area contributed by atoms with E-state index >= 15 is 0 Å². The normalized spacial score (nSPS) is 34.0. The van der Waals surface area contributed by atoms with Crippen LogP contribution in [-0.4, -0.2) is 35.3 Å². The third-order valence-corrected chi connectivity index (χ3v) is 5.15. The average molecular weight is 294 g/mol. The van der Waals surface area contributed by atoms with E-state index < -0.39 is 0 Å². The molecule has 0 bridgehead atoms. The molecule has 4 unspecified atom stereocenters. The predicted molar refractivity (Wildman–Crippen MR) is 83.8 cm³/mol. The highest BCUT2D eigenvalue weighted by atomic mass is 16.2. The Morgan fingerprint density at radius 2 is 1.95 bits per heavy atom. The SMILES string of the molecule is CCCC1NC(=O)C(C)N(CCC2CCCC(C)C2)C1=O. The van der Waals surface area contributed by atoms with Gasteiger partial charge in [0.05, 0.1) is 0 Å². The van der Waals surface area contributed by atoms with E-state index in [1.165, 1.54) is 25.7 Å². The van der Waals surface area contributed by atoms with Gasteiger partial charge in [0.1, 0.15) is 12.1 Å². The molecule has 1 N–H and O–H groups in total. The summed E-state index contributed by atoms with van der Waals surface area (Å²) < 4.78 is 0. The van der Waals surface area contributed by atoms with Gasteiger partial charge in [-0.05, 0) is 38.0 Å². The lowest BCUT2D eigenvalue weighted by Gasteiger charge is -2.38. The number of rotatable bonds is 5. The molecule has 2 aliphatic rings. The van der Waals surface area contributed by atoms with Gasteiger partial charge in [0.2, 0.25) is 11.8 Å². The van der Waals surface area contributed by atoms with E-state index in [0.717, 1.165) is 37.6 Å². The lowest BCUT2D eigenvalue weighted by atomic mass is 9.80. The summed E-state index contributed by atoms with van der Waals surface area (Å²) in [5.74, 6) is 1.66. The second-order valence-electron chi connectivity index (χ2n) is 6.98. The molecule has 2 amide bonds. The Hall–Kier alpha value is -1.06. The maximum atomic E-state index is 12.5. The zero-order chi connectivity index (χ0) is 15.4. The van der Waals surface area contributed by atoms with Crippen molar-refractivity contribution in [2.45, 2.75) is 77.8 Å². The van der Waals surface area contributed by atoms with E-state index in [1.54, 1.807) is 0 Å². The lowest BCUT2D eigenvalue weighted by molar-refractivity contribution is -0.149. The molecule has 1 saturated carbocycles. The summed E-state index contributed by atoms with van der Waals surface area (Å²) in [6.45, 7) is 6.96. The van der Waals surface area contributed by atoms with Crippen molar-refractivity contribution in [1.82, 2.24) is 10.2 Å². The quantitative estimate of drug-likeness (QED) is 0.847. The van der Waals surface area contributed by atoms with E-state index in [1.807, 2.05) is 18.7 Å². The summed E-state index contributed by atoms with van der Waals surface area (Å²) in [6.07, 6.45) is 7.93. The zero-order valence-electron chi connectivity index (χ0n) is 13.7. The first-order valence-corrected chi connectivity index (χ1v) is 8.63. The average Bonchev–Trinajstić information content (AvgIpc) is 2.45. The molecule has 21 heavy (non-hydrogen) atoms. The lowest BCUT2D eigenvalue weighted by Crippen LogP contribution is -2.62. The van der Waals surface area contributed by atoms with Crippen molar-refractivity contribution in [3.63, 3.8) is 0 Å². The van der Waals surface area contributed by atoms with Gasteiger partial charge in [0.15, 0.2) is 0 Å². The second kappa shape index (κ2) is 7.28. The molecule has 1 heterocycles. The van der Waals surface area contributed by atoms with E-state index in [9.17, 15) is 9.59 Å². The molecule has 1 aliphatic carbocycles. The van der Waals surface area contributed by atoms with E-state index in [-0.39, 0.29) is 23.9 Å². The van der Waals surface area contributed by atoms with Gasteiger partial charge in [-0.25, -0.2) is 0 Å². The van der Waals surface area contributed by atoms with Crippen LogP contribution in [0.3, 0.4) is 0 Å². The first-order valence-electron chi connectivity index (χ1n) is 8.63. The van der Waals surface area contributed by atoms with Gasteiger partial charge in [0.25, 0.3) is 0 Å². The Bertz CT molecular complexity index is 383. The third-order valence-electron chi connectivity index (χ3n) is 5.15. The summed E-state index contributed by atoms with van der Waals surface area (Å²) in [7, 11) is 0. The summed E-state index contributed by atoms with van der Waals surface area (Å²) in [5, 5.41) is 2.86. The molecule has 1 saturated heterocycles. The maximum absolute atomic E-state index is 12.5. The van der Waals surface area contributed by atoms with Crippen LogP contribution in [0.15, 0.2) is 0 Å². The summed E-state index contributed by atoms with van der Waals surface area (Å²) >= 11 is 0. The molecule has 0 spiro atoms. The first-order chi connectivity index (χ1) is 10.0. The molecule has 0 aromatic carbocycles. The summed E-state index contributed by atoms with van der Waals surface area (Å²) in [4.78, 5) is 26.4. The van der Waals surface area contributed by atoms with Crippen molar-refractivity contribution in [3.8, 4) is 0 Å². The minimum atomic E-state index is -0.313. The Labute approximate surface area is 128 Å². The molecular formula is C17H30N2O2. The molecule has 4 nitrogen and oxygen atoms in total. The van der Waals surface area contributed by atoms with Crippen LogP contribution in [0.4, 0.5) is 0 Å². The smallest absolute Gasteiger partial charge is 0.245 e. The van der Waals surface area contributed by atoms with E-state index in [0.29, 0.717) is 0 Å². The molecule has 0 aromatic heterocycles. The molecule has 2 rings (SSSR count). The van der Waals surface area contributed by atoms with Crippen LogP contribution in [0.25, 0.3) is 0 Å². The highest BCUT2D eigenvalue weighted by molar-refractivity contribution is 5.96. The van der Waals surface area contributed by atoms with E-state index in [2.05, 4.69) is 12.2 Å². The van der Waals surface area contributed by atoms with Crippen LogP contribution < -0.4 is 5.32 Å². The van der Waals surface area contributed by atoms with Gasteiger partial charge >= 0.3 is 0 Å². The Morgan fingerprint density at radius 3 is 2.62 bits per heavy atom. The van der Waals surface area contributed by atoms with Gasteiger partial charge in [-0.2, -0.15) is 0 Å². The number of hydrogen-bond donors (Lipinski definition) is 1. The summed E-state index contributed by atoms with van der Waals surface area (Å²) in [5.41, 5.74) is 0. The van der Waals surface area contributed by atoms with Gasteiger partial charge in [-0.1, -0.05) is 39.5 Å². The monoisotopic (exact) mass is 294 g/mol. The first kappa shape index (κ1) is 16.3. The van der Waals surface area contributed by atoms with Crippen molar-refractivity contribution < 1.29 is 9.59 Å². The van der Waals surface area contributed by atoms with Crippen LogP contribution in [0.5, 0.6) is 0 Å². The highest BCUT2D eigenvalue weighted by Crippen LogP contribution is 2.31. The molecule has 0 radical (unpaired) electrons. The third kappa shape index (κ3) is 3.98. The minimum Gasteiger partial charge on any atom is -0.343 e. The Morgan fingerprint density at radius 1 is 1.19 bits per heavy atom. The minimum absolute atomic E-state index is 0.00469. The number of nitrogens with zero attached hydrogens (tertiary/aromatic N) is 1. The highest BCUT2D eigenvalue weighted by Gasteiger charge is 2.37. The van der Waals surface area contributed by atoms with E-state index in [4.69, 9.17) is 0 Å². The Balaban J connectivity index is 1.92. The van der Waals surface area contributed by atoms with Crippen LogP contribution in [0.2, 0.25) is 0 Å². The number of carbonyl (C=O) groups excluding carboxylic acids is 2. The van der Waals surface area contributed by atoms with Gasteiger partial charge in [-0.15, -0.1) is 0 Å². The predicted octanol–water partition coefficient (Wildman–Crippen LogP) is 2.72. The fourth-order valence-corrected chi connectivity index (χ4v) is 3.82. The second-order valence-corrected chi connectivity index (χ2v) is 6.98. The molecule has 4 atom stereocenters. The molecule has 2 fully saturated rings. The fraction of sp³-hybridized carbons (Fsp3) is 0.882. The van der Waals surface area contributed by atoms with Crippen LogP contribution >= 0.6 is 0 Å². The molecule has 0 aromatic rings. The van der Waals surface area contributed by atoms with Crippen molar-refractivity contribution in [3.05, 3.63) is 0 Å². The largest absolute Gasteiger partial charge is 0.343 e. The number of hydrogen-bond acceptors (Lipinski definition) is 2. The van der Waals surface area contributed by atoms with Gasteiger partial charge < -0.3 is 10.2 Å². The number of amides is 2. The van der Waals surface area contributed by atoms with Gasteiger partial charge in [0, 0.05) is 6.54 Å². The van der Waals surface area contributed by atoms with Crippen molar-refractivity contribution in [2.24, 2.45) is 11.8 Å². The fourth-order valence-electron chi connectivity index (χ4n) is 3.82. The Kier molecular flexibility index (Phi) is 5.65. The van der Waals surface area contributed by atoms with Crippen molar-refractivity contribution >= 4 is 11.8 Å².